The van der Waals surface area contributed by atoms with Crippen LogP contribution < -0.4 is 10.6 Å². The number of amides is 2. The monoisotopic (exact) mass is 333 g/mol. The Morgan fingerprint density at radius 1 is 1.18 bits per heavy atom. The highest BCUT2D eigenvalue weighted by Crippen LogP contribution is 2.25. The smallest absolute Gasteiger partial charge is 0.319 e. The van der Waals surface area contributed by atoms with Crippen molar-refractivity contribution in [2.75, 3.05) is 5.32 Å². The topological polar surface area (TPSA) is 64.9 Å². The maximum absolute atomic E-state index is 12.1. The Balaban J connectivity index is 2.09. The van der Waals surface area contributed by atoms with E-state index in [4.69, 9.17) is 28.5 Å². The molecule has 6 heteroatoms. The summed E-state index contributed by atoms with van der Waals surface area (Å²) in [5.74, 6) is 0. The van der Waals surface area contributed by atoms with Crippen LogP contribution in [0.15, 0.2) is 48.5 Å². The van der Waals surface area contributed by atoms with Crippen LogP contribution in [0.1, 0.15) is 18.0 Å². The van der Waals surface area contributed by atoms with Crippen molar-refractivity contribution in [1.29, 1.82) is 5.26 Å². The molecule has 2 aromatic rings. The molecule has 0 aliphatic heterocycles. The first-order valence-electron chi connectivity index (χ1n) is 6.54. The minimum absolute atomic E-state index is 0.167. The number of nitrogens with one attached hydrogen (secondary N) is 2. The van der Waals surface area contributed by atoms with Gasteiger partial charge in [0.05, 0.1) is 29.2 Å². The molecular formula is C16H13Cl2N3O. The zero-order chi connectivity index (χ0) is 15.9. The summed E-state index contributed by atoms with van der Waals surface area (Å²) < 4.78 is 0. The Hall–Kier alpha value is -2.22. The summed E-state index contributed by atoms with van der Waals surface area (Å²) >= 11 is 11.9. The van der Waals surface area contributed by atoms with Crippen molar-refractivity contribution in [3.05, 3.63) is 64.1 Å². The molecule has 112 valence electrons. The third-order valence-electron chi connectivity index (χ3n) is 2.98. The van der Waals surface area contributed by atoms with Crippen LogP contribution in [-0.4, -0.2) is 6.03 Å². The number of carbonyl (C=O) groups excluding carboxylic acids is 1. The quantitative estimate of drug-likeness (QED) is 0.846. The Labute approximate surface area is 138 Å². The van der Waals surface area contributed by atoms with Gasteiger partial charge in [-0.25, -0.2) is 4.79 Å². The minimum Gasteiger partial charge on any atom is -0.330 e. The van der Waals surface area contributed by atoms with Crippen LogP contribution in [0.25, 0.3) is 0 Å². The van der Waals surface area contributed by atoms with Gasteiger partial charge in [0.25, 0.3) is 0 Å². The molecule has 2 aromatic carbocycles. The predicted molar refractivity (Wildman–Crippen MR) is 88.0 cm³/mol. The van der Waals surface area contributed by atoms with Crippen molar-refractivity contribution in [3.63, 3.8) is 0 Å². The first-order valence-corrected chi connectivity index (χ1v) is 7.30. The lowest BCUT2D eigenvalue weighted by atomic mass is 10.0. The number of carbonyl (C=O) groups is 1. The second-order valence-corrected chi connectivity index (χ2v) is 5.39. The standard InChI is InChI=1S/C16H13Cl2N3O/c17-12-6-7-13(18)15(10-12)21-16(22)20-14(8-9-19)11-4-2-1-3-5-11/h1-7,10,14H,8H2,(H2,20,21,22). The summed E-state index contributed by atoms with van der Waals surface area (Å²) in [4.78, 5) is 12.1. The van der Waals surface area contributed by atoms with E-state index in [1.165, 1.54) is 0 Å². The molecule has 1 atom stereocenters. The number of nitriles is 1. The Morgan fingerprint density at radius 2 is 1.91 bits per heavy atom. The fraction of sp³-hybridized carbons (Fsp3) is 0.125. The molecule has 0 saturated heterocycles. The molecular weight excluding hydrogens is 321 g/mol. The Kier molecular flexibility index (Phi) is 5.65. The normalized spacial score (nSPS) is 11.3. The van der Waals surface area contributed by atoms with E-state index in [2.05, 4.69) is 16.7 Å². The van der Waals surface area contributed by atoms with Gasteiger partial charge in [0.2, 0.25) is 0 Å². The van der Waals surface area contributed by atoms with Gasteiger partial charge in [-0.3, -0.25) is 0 Å². The summed E-state index contributed by atoms with van der Waals surface area (Å²) in [6.45, 7) is 0. The van der Waals surface area contributed by atoms with E-state index in [1.54, 1.807) is 18.2 Å². The van der Waals surface area contributed by atoms with Gasteiger partial charge in [-0.2, -0.15) is 5.26 Å². The second-order valence-electron chi connectivity index (χ2n) is 4.55. The largest absolute Gasteiger partial charge is 0.330 e. The average molecular weight is 334 g/mol. The van der Waals surface area contributed by atoms with Crippen molar-refractivity contribution in [2.24, 2.45) is 0 Å². The predicted octanol–water partition coefficient (Wildman–Crippen LogP) is 4.77. The Bertz CT molecular complexity index is 698. The summed E-state index contributed by atoms with van der Waals surface area (Å²) in [5, 5.41) is 15.2. The Morgan fingerprint density at radius 3 is 2.59 bits per heavy atom. The van der Waals surface area contributed by atoms with E-state index in [1.807, 2.05) is 30.3 Å². The van der Waals surface area contributed by atoms with Crippen molar-refractivity contribution in [2.45, 2.75) is 12.5 Å². The van der Waals surface area contributed by atoms with Gasteiger partial charge in [0.1, 0.15) is 0 Å². The van der Waals surface area contributed by atoms with Crippen LogP contribution in [0, 0.1) is 11.3 Å². The van der Waals surface area contributed by atoms with Crippen LogP contribution >= 0.6 is 23.2 Å². The highest BCUT2D eigenvalue weighted by Gasteiger charge is 2.15. The van der Waals surface area contributed by atoms with E-state index in [9.17, 15) is 4.79 Å². The molecule has 0 aliphatic rings. The lowest BCUT2D eigenvalue weighted by molar-refractivity contribution is 0.248. The summed E-state index contributed by atoms with van der Waals surface area (Å²) in [7, 11) is 0. The molecule has 0 spiro atoms. The van der Waals surface area contributed by atoms with Gasteiger partial charge >= 0.3 is 6.03 Å². The lowest BCUT2D eigenvalue weighted by Gasteiger charge is -2.17. The third kappa shape index (κ3) is 4.39. The molecule has 0 heterocycles. The molecule has 0 aromatic heterocycles. The molecule has 0 fully saturated rings. The molecule has 1 unspecified atom stereocenters. The van der Waals surface area contributed by atoms with Crippen molar-refractivity contribution >= 4 is 34.9 Å². The zero-order valence-electron chi connectivity index (χ0n) is 11.5. The van der Waals surface area contributed by atoms with Crippen LogP contribution in [-0.2, 0) is 0 Å². The lowest BCUT2D eigenvalue weighted by Crippen LogP contribution is -2.32. The van der Waals surface area contributed by atoms with E-state index in [0.29, 0.717) is 15.7 Å². The molecule has 2 N–H and O–H groups in total. The molecule has 0 saturated carbocycles. The number of rotatable bonds is 4. The molecule has 22 heavy (non-hydrogen) atoms. The molecule has 0 radical (unpaired) electrons. The fourth-order valence-corrected chi connectivity index (χ4v) is 2.28. The summed E-state index contributed by atoms with van der Waals surface area (Å²) in [5.41, 5.74) is 1.27. The highest BCUT2D eigenvalue weighted by atomic mass is 35.5. The number of urea groups is 1. The van der Waals surface area contributed by atoms with Crippen molar-refractivity contribution in [3.8, 4) is 6.07 Å². The van der Waals surface area contributed by atoms with Crippen molar-refractivity contribution < 1.29 is 4.79 Å². The molecule has 2 amide bonds. The fourth-order valence-electron chi connectivity index (χ4n) is 1.94. The number of benzene rings is 2. The van der Waals surface area contributed by atoms with Crippen LogP contribution in [0.3, 0.4) is 0 Å². The number of hydrogen-bond donors (Lipinski definition) is 2. The van der Waals surface area contributed by atoms with Gasteiger partial charge in [0, 0.05) is 5.02 Å². The van der Waals surface area contributed by atoms with Gasteiger partial charge < -0.3 is 10.6 Å². The zero-order valence-corrected chi connectivity index (χ0v) is 13.0. The first-order chi connectivity index (χ1) is 10.6. The molecule has 0 aliphatic carbocycles. The van der Waals surface area contributed by atoms with Crippen LogP contribution in [0.5, 0.6) is 0 Å². The van der Waals surface area contributed by atoms with E-state index < -0.39 is 12.1 Å². The maximum Gasteiger partial charge on any atom is 0.319 e. The third-order valence-corrected chi connectivity index (χ3v) is 3.54. The van der Waals surface area contributed by atoms with Gasteiger partial charge in [-0.1, -0.05) is 53.5 Å². The first kappa shape index (κ1) is 16.2. The van der Waals surface area contributed by atoms with Gasteiger partial charge in [-0.15, -0.1) is 0 Å². The molecule has 0 bridgehead atoms. The SMILES string of the molecule is N#CCC(NC(=O)Nc1cc(Cl)ccc1Cl)c1ccccc1. The average Bonchev–Trinajstić information content (AvgIpc) is 2.51. The van der Waals surface area contributed by atoms with Gasteiger partial charge in [0.15, 0.2) is 0 Å². The highest BCUT2D eigenvalue weighted by molar-refractivity contribution is 6.35. The van der Waals surface area contributed by atoms with E-state index in [0.717, 1.165) is 5.56 Å². The maximum atomic E-state index is 12.1. The van der Waals surface area contributed by atoms with Crippen molar-refractivity contribution in [1.82, 2.24) is 5.32 Å². The second kappa shape index (κ2) is 7.69. The van der Waals surface area contributed by atoms with Crippen LogP contribution in [0.4, 0.5) is 10.5 Å². The summed E-state index contributed by atoms with van der Waals surface area (Å²) in [6, 6.07) is 15.3. The number of halogens is 2. The van der Waals surface area contributed by atoms with E-state index in [-0.39, 0.29) is 6.42 Å². The van der Waals surface area contributed by atoms with Crippen LogP contribution in [0.2, 0.25) is 10.0 Å². The van der Waals surface area contributed by atoms with E-state index >= 15 is 0 Å². The molecule has 2 rings (SSSR count). The number of anilines is 1. The number of hydrogen-bond acceptors (Lipinski definition) is 2. The summed E-state index contributed by atoms with van der Waals surface area (Å²) in [6.07, 6.45) is 0.167. The number of nitrogens with zero attached hydrogens (tertiary/aromatic N) is 1. The molecule has 4 nitrogen and oxygen atoms in total. The van der Waals surface area contributed by atoms with Gasteiger partial charge in [-0.05, 0) is 23.8 Å². The minimum atomic E-state index is -0.451.